The molecule has 0 aliphatic carbocycles. The third kappa shape index (κ3) is 0.971. The highest BCUT2D eigenvalue weighted by Gasteiger charge is 2.41. The minimum absolute atomic E-state index is 0.0817. The lowest BCUT2D eigenvalue weighted by Crippen LogP contribution is -2.43. The zero-order valence-corrected chi connectivity index (χ0v) is 7.86. The van der Waals surface area contributed by atoms with E-state index in [0.29, 0.717) is 6.54 Å². The molecule has 3 heterocycles. The number of allylic oxidation sites excluding steroid dienone is 1. The summed E-state index contributed by atoms with van der Waals surface area (Å²) in [6.07, 6.45) is 4.93. The van der Waals surface area contributed by atoms with Crippen LogP contribution in [0.15, 0.2) is 30.5 Å². The van der Waals surface area contributed by atoms with Gasteiger partial charge in [0.05, 0.1) is 12.2 Å². The number of rotatable bonds is 0. The van der Waals surface area contributed by atoms with E-state index in [-0.39, 0.29) is 11.9 Å². The topological polar surface area (TPSA) is 63.1 Å². The molecule has 1 spiro atoms. The first kappa shape index (κ1) is 8.28. The van der Waals surface area contributed by atoms with Gasteiger partial charge in [-0.3, -0.25) is 9.36 Å². The first-order chi connectivity index (χ1) is 7.21. The number of nitrogens with zero attached hydrogens (tertiary/aromatic N) is 1. The zero-order valence-electron chi connectivity index (χ0n) is 7.86. The Kier molecular flexibility index (Phi) is 1.38. The van der Waals surface area contributed by atoms with Gasteiger partial charge in [-0.15, -0.1) is 0 Å². The Labute approximate surface area is 85.8 Å². The number of urea groups is 1. The van der Waals surface area contributed by atoms with E-state index in [0.717, 1.165) is 5.69 Å². The van der Waals surface area contributed by atoms with Crippen molar-refractivity contribution in [2.45, 2.75) is 5.54 Å². The van der Waals surface area contributed by atoms with Gasteiger partial charge >= 0.3 is 6.03 Å². The fourth-order valence-electron chi connectivity index (χ4n) is 2.08. The molecule has 0 radical (unpaired) electrons. The van der Waals surface area contributed by atoms with Crippen LogP contribution in [-0.2, 0) is 5.54 Å². The average Bonchev–Trinajstić information content (AvgIpc) is 2.81. The minimum atomic E-state index is -0.561. The summed E-state index contributed by atoms with van der Waals surface area (Å²) < 4.78 is 1.55. The maximum atomic E-state index is 11.5. The molecule has 5 nitrogen and oxygen atoms in total. The van der Waals surface area contributed by atoms with Gasteiger partial charge in [0, 0.05) is 12.3 Å². The second kappa shape index (κ2) is 2.50. The normalized spacial score (nSPS) is 27.7. The highest BCUT2D eigenvalue weighted by Crippen LogP contribution is 2.28. The Bertz CT molecular complexity index is 489. The van der Waals surface area contributed by atoms with Gasteiger partial charge < -0.3 is 10.6 Å². The maximum Gasteiger partial charge on any atom is 0.315 e. The van der Waals surface area contributed by atoms with E-state index in [1.807, 2.05) is 6.07 Å². The summed E-state index contributed by atoms with van der Waals surface area (Å²) in [7, 11) is 0. The molecule has 1 fully saturated rings. The predicted molar refractivity (Wildman–Crippen MR) is 52.4 cm³/mol. The summed E-state index contributed by atoms with van der Waals surface area (Å²) in [6, 6.07) is 3.43. The maximum absolute atomic E-state index is 11.5. The highest BCUT2D eigenvalue weighted by atomic mass is 16.2. The van der Waals surface area contributed by atoms with Crippen LogP contribution < -0.4 is 10.6 Å². The predicted octanol–water partition coefficient (Wildman–Crippen LogP) is 0.206. The third-order valence-corrected chi connectivity index (χ3v) is 2.82. The third-order valence-electron chi connectivity index (χ3n) is 2.82. The van der Waals surface area contributed by atoms with Crippen LogP contribution in [0.1, 0.15) is 10.5 Å². The van der Waals surface area contributed by atoms with Gasteiger partial charge in [0.25, 0.3) is 5.91 Å². The number of carbonyl (C=O) groups is 2. The number of amides is 2. The van der Waals surface area contributed by atoms with Gasteiger partial charge in [0.1, 0.15) is 5.54 Å². The molecule has 0 aromatic carbocycles. The number of nitrogens with one attached hydrogen (secondary N) is 2. The van der Waals surface area contributed by atoms with Crippen molar-refractivity contribution in [3.05, 3.63) is 36.2 Å². The van der Waals surface area contributed by atoms with Gasteiger partial charge in [-0.2, -0.15) is 0 Å². The molecule has 1 atom stereocenters. The molecule has 0 bridgehead atoms. The highest BCUT2D eigenvalue weighted by molar-refractivity contribution is 5.93. The van der Waals surface area contributed by atoms with Crippen LogP contribution in [0, 0.1) is 0 Å². The SMILES string of the molecule is O=C1NCC2(C=CC(=O)n3cccc32)N1. The molecule has 3 rings (SSSR count). The smallest absolute Gasteiger partial charge is 0.315 e. The number of carbonyl (C=O) groups excluding carboxylic acids is 2. The van der Waals surface area contributed by atoms with E-state index in [1.54, 1.807) is 22.9 Å². The minimum Gasteiger partial charge on any atom is -0.335 e. The lowest BCUT2D eigenvalue weighted by Gasteiger charge is -2.28. The van der Waals surface area contributed by atoms with Crippen LogP contribution >= 0.6 is 0 Å². The molecule has 2 aliphatic heterocycles. The molecule has 76 valence electrons. The van der Waals surface area contributed by atoms with Crippen LogP contribution in [0.4, 0.5) is 4.79 Å². The van der Waals surface area contributed by atoms with Gasteiger partial charge in [-0.05, 0) is 18.2 Å². The summed E-state index contributed by atoms with van der Waals surface area (Å²) in [5, 5.41) is 5.52. The van der Waals surface area contributed by atoms with Gasteiger partial charge in [-0.25, -0.2) is 4.79 Å². The lowest BCUT2D eigenvalue weighted by molar-refractivity contribution is 0.0954. The molecule has 0 saturated carbocycles. The summed E-state index contributed by atoms with van der Waals surface area (Å²) in [6.45, 7) is 0.472. The molecule has 15 heavy (non-hydrogen) atoms. The van der Waals surface area contributed by atoms with E-state index in [2.05, 4.69) is 10.6 Å². The molecule has 2 amide bonds. The largest absolute Gasteiger partial charge is 0.335 e. The van der Waals surface area contributed by atoms with E-state index < -0.39 is 5.54 Å². The fraction of sp³-hybridized carbons (Fsp3) is 0.200. The average molecular weight is 203 g/mol. The second-order valence-corrected chi connectivity index (χ2v) is 3.71. The zero-order chi connectivity index (χ0) is 10.5. The Morgan fingerprint density at radius 2 is 2.27 bits per heavy atom. The Balaban J connectivity index is 2.17. The first-order valence-electron chi connectivity index (χ1n) is 4.69. The first-order valence-corrected chi connectivity index (χ1v) is 4.69. The van der Waals surface area contributed by atoms with Crippen molar-refractivity contribution in [2.75, 3.05) is 6.54 Å². The molecule has 1 aromatic heterocycles. The Morgan fingerprint density at radius 1 is 1.40 bits per heavy atom. The second-order valence-electron chi connectivity index (χ2n) is 3.71. The van der Waals surface area contributed by atoms with E-state index in [4.69, 9.17) is 0 Å². The van der Waals surface area contributed by atoms with E-state index in [1.165, 1.54) is 6.08 Å². The molecule has 2 aliphatic rings. The molecular formula is C10H9N3O2. The lowest BCUT2D eigenvalue weighted by atomic mass is 9.93. The van der Waals surface area contributed by atoms with Crippen LogP contribution in [0.2, 0.25) is 0 Å². The Morgan fingerprint density at radius 3 is 3.00 bits per heavy atom. The quantitative estimate of drug-likeness (QED) is 0.633. The van der Waals surface area contributed by atoms with Crippen molar-refractivity contribution >= 4 is 11.9 Å². The van der Waals surface area contributed by atoms with Crippen LogP contribution in [-0.4, -0.2) is 23.1 Å². The number of fused-ring (bicyclic) bond motifs is 2. The summed E-state index contributed by atoms with van der Waals surface area (Å²) >= 11 is 0. The van der Waals surface area contributed by atoms with E-state index in [9.17, 15) is 9.59 Å². The molecule has 1 aromatic rings. The fourth-order valence-corrected chi connectivity index (χ4v) is 2.08. The van der Waals surface area contributed by atoms with E-state index >= 15 is 0 Å². The summed E-state index contributed by atoms with van der Waals surface area (Å²) in [4.78, 5) is 22.7. The standard InChI is InChI=1S/C10H9N3O2/c14-8-3-4-10(6-11-9(15)12-10)7-2-1-5-13(7)8/h1-5H,6H2,(H2,11,12,15). The van der Waals surface area contributed by atoms with Gasteiger partial charge in [0.15, 0.2) is 0 Å². The van der Waals surface area contributed by atoms with Crippen molar-refractivity contribution in [3.8, 4) is 0 Å². The van der Waals surface area contributed by atoms with Crippen LogP contribution in [0.3, 0.4) is 0 Å². The van der Waals surface area contributed by atoms with Gasteiger partial charge in [-0.1, -0.05) is 0 Å². The van der Waals surface area contributed by atoms with Crippen molar-refractivity contribution in [1.29, 1.82) is 0 Å². The molecule has 1 unspecified atom stereocenters. The monoisotopic (exact) mass is 203 g/mol. The van der Waals surface area contributed by atoms with Crippen molar-refractivity contribution in [3.63, 3.8) is 0 Å². The van der Waals surface area contributed by atoms with Crippen molar-refractivity contribution < 1.29 is 9.59 Å². The number of aromatic nitrogens is 1. The summed E-state index contributed by atoms with van der Waals surface area (Å²) in [5.74, 6) is -0.0817. The molecular weight excluding hydrogens is 194 g/mol. The van der Waals surface area contributed by atoms with Crippen LogP contribution in [0.25, 0.3) is 0 Å². The molecule has 1 saturated heterocycles. The van der Waals surface area contributed by atoms with Crippen LogP contribution in [0.5, 0.6) is 0 Å². The van der Waals surface area contributed by atoms with Gasteiger partial charge in [0.2, 0.25) is 0 Å². The van der Waals surface area contributed by atoms with Crippen molar-refractivity contribution in [1.82, 2.24) is 15.2 Å². The molecule has 2 N–H and O–H groups in total. The molecule has 5 heteroatoms. The number of hydrogen-bond donors (Lipinski definition) is 2. The summed E-state index contributed by atoms with van der Waals surface area (Å²) in [5.41, 5.74) is 0.238. The van der Waals surface area contributed by atoms with Crippen molar-refractivity contribution in [2.24, 2.45) is 0 Å². The number of hydrogen-bond acceptors (Lipinski definition) is 2. The Hall–Kier alpha value is -2.04.